The Kier molecular flexibility index (Phi) is 9.10. The van der Waals surface area contributed by atoms with Gasteiger partial charge < -0.3 is 25.0 Å². The fourth-order valence-electron chi connectivity index (χ4n) is 3.03. The summed E-state index contributed by atoms with van der Waals surface area (Å²) >= 11 is 0. The summed E-state index contributed by atoms with van der Waals surface area (Å²) in [5.41, 5.74) is 0.695. The van der Waals surface area contributed by atoms with Gasteiger partial charge in [-0.15, -0.1) is 0 Å². The Morgan fingerprint density at radius 1 is 1.33 bits per heavy atom. The lowest BCUT2D eigenvalue weighted by Gasteiger charge is -2.22. The van der Waals surface area contributed by atoms with Crippen LogP contribution in [0.3, 0.4) is 0 Å². The molecule has 0 aromatic heterocycles. The third-order valence-electron chi connectivity index (χ3n) is 4.22. The molecule has 0 bridgehead atoms. The smallest absolute Gasteiger partial charge is 0.387 e. The minimum absolute atomic E-state index is 0.189. The third kappa shape index (κ3) is 7.21. The molecule has 0 spiro atoms. The summed E-state index contributed by atoms with van der Waals surface area (Å²) in [5.74, 6) is 0.989. The van der Waals surface area contributed by atoms with Crippen LogP contribution in [0.1, 0.15) is 26.7 Å². The van der Waals surface area contributed by atoms with Crippen LogP contribution in [0.25, 0.3) is 0 Å². The van der Waals surface area contributed by atoms with E-state index in [0.717, 1.165) is 38.5 Å². The number of ether oxygens (including phenoxy) is 2. The zero-order valence-corrected chi connectivity index (χ0v) is 16.1. The van der Waals surface area contributed by atoms with Gasteiger partial charge in [0.05, 0.1) is 5.69 Å². The predicted octanol–water partition coefficient (Wildman–Crippen LogP) is 2.85. The van der Waals surface area contributed by atoms with Crippen LogP contribution in [0, 0.1) is 0 Å². The normalized spacial score (nSPS) is 17.4. The molecule has 6 nitrogen and oxygen atoms in total. The van der Waals surface area contributed by atoms with Crippen molar-refractivity contribution in [3.05, 3.63) is 24.3 Å². The number of aliphatic imine (C=N–C) groups is 1. The second kappa shape index (κ2) is 11.6. The summed E-state index contributed by atoms with van der Waals surface area (Å²) in [6.07, 6.45) is 1.77. The van der Waals surface area contributed by atoms with Crippen molar-refractivity contribution in [1.29, 1.82) is 0 Å². The number of rotatable bonds is 10. The maximum absolute atomic E-state index is 12.6. The molecule has 27 heavy (non-hydrogen) atoms. The van der Waals surface area contributed by atoms with Gasteiger partial charge in [-0.05, 0) is 38.8 Å². The van der Waals surface area contributed by atoms with E-state index in [0.29, 0.717) is 25.4 Å². The minimum atomic E-state index is -2.83. The first kappa shape index (κ1) is 21.2. The molecule has 8 heteroatoms. The van der Waals surface area contributed by atoms with Gasteiger partial charge in [-0.2, -0.15) is 8.78 Å². The van der Waals surface area contributed by atoms with E-state index in [1.807, 2.05) is 26.0 Å². The first-order chi connectivity index (χ1) is 13.1. The van der Waals surface area contributed by atoms with Gasteiger partial charge in [-0.1, -0.05) is 12.1 Å². The summed E-state index contributed by atoms with van der Waals surface area (Å²) in [7, 11) is 0. The molecule has 2 rings (SSSR count). The fraction of sp³-hybridized carbons (Fsp3) is 0.632. The predicted molar refractivity (Wildman–Crippen MR) is 104 cm³/mol. The highest BCUT2D eigenvalue weighted by Crippen LogP contribution is 2.31. The maximum atomic E-state index is 12.6. The number of para-hydroxylation sites is 2. The lowest BCUT2D eigenvalue weighted by Crippen LogP contribution is -2.44. The largest absolute Gasteiger partial charge is 0.433 e. The average molecular weight is 384 g/mol. The van der Waals surface area contributed by atoms with Gasteiger partial charge in [0.25, 0.3) is 0 Å². The number of nitrogens with one attached hydrogen (secondary N) is 2. The molecule has 1 unspecified atom stereocenters. The number of halogens is 2. The van der Waals surface area contributed by atoms with Crippen molar-refractivity contribution in [3.63, 3.8) is 0 Å². The fourth-order valence-corrected chi connectivity index (χ4v) is 3.03. The average Bonchev–Trinajstić information content (AvgIpc) is 3.10. The van der Waals surface area contributed by atoms with Crippen LogP contribution in [0.2, 0.25) is 0 Å². The summed E-state index contributed by atoms with van der Waals surface area (Å²) < 4.78 is 35.2. The van der Waals surface area contributed by atoms with Gasteiger partial charge in [0.1, 0.15) is 5.75 Å². The Hall–Kier alpha value is -2.09. The molecule has 0 saturated carbocycles. The zero-order valence-electron chi connectivity index (χ0n) is 16.1. The standard InChI is InChI=1S/C19H30F2N4O2/c1-3-22-19(23-11-7-13-26-4-2)24-15-10-12-25(14-15)16-8-5-6-9-17(16)27-18(20)21/h5-6,8-9,15,18H,3-4,7,10-14H2,1-2H3,(H2,22,23,24). The van der Waals surface area contributed by atoms with Gasteiger partial charge in [0.15, 0.2) is 5.96 Å². The molecule has 1 aliphatic heterocycles. The van der Waals surface area contributed by atoms with Crippen molar-refractivity contribution in [2.24, 2.45) is 4.99 Å². The number of alkyl halides is 2. The number of nitrogens with zero attached hydrogens (tertiary/aromatic N) is 2. The van der Waals surface area contributed by atoms with E-state index in [9.17, 15) is 8.78 Å². The quantitative estimate of drug-likeness (QED) is 0.369. The van der Waals surface area contributed by atoms with Crippen molar-refractivity contribution in [3.8, 4) is 5.75 Å². The SMILES string of the molecule is CCNC(=NCCCOCC)NC1CCN(c2ccccc2OC(F)F)C1. The third-order valence-corrected chi connectivity index (χ3v) is 4.22. The molecule has 2 N–H and O–H groups in total. The second-order valence-corrected chi connectivity index (χ2v) is 6.23. The van der Waals surface area contributed by atoms with Crippen LogP contribution in [0.5, 0.6) is 5.75 Å². The molecule has 1 saturated heterocycles. The molecule has 1 fully saturated rings. The molecular weight excluding hydrogens is 354 g/mol. The number of benzene rings is 1. The van der Waals surface area contributed by atoms with Crippen LogP contribution in [-0.2, 0) is 4.74 Å². The van der Waals surface area contributed by atoms with Crippen molar-refractivity contribution >= 4 is 11.6 Å². The van der Waals surface area contributed by atoms with Gasteiger partial charge in [-0.3, -0.25) is 4.99 Å². The maximum Gasteiger partial charge on any atom is 0.387 e. The number of guanidine groups is 1. The van der Waals surface area contributed by atoms with Gasteiger partial charge in [0, 0.05) is 45.4 Å². The monoisotopic (exact) mass is 384 g/mol. The first-order valence-corrected chi connectivity index (χ1v) is 9.55. The molecule has 1 atom stereocenters. The molecule has 1 aliphatic rings. The summed E-state index contributed by atoms with van der Waals surface area (Å²) in [6.45, 7) is 5.54. The first-order valence-electron chi connectivity index (χ1n) is 9.55. The summed E-state index contributed by atoms with van der Waals surface area (Å²) in [4.78, 5) is 6.64. The number of anilines is 1. The van der Waals surface area contributed by atoms with E-state index in [4.69, 9.17) is 4.74 Å². The van der Waals surface area contributed by atoms with Crippen molar-refractivity contribution in [2.75, 3.05) is 44.3 Å². The van der Waals surface area contributed by atoms with Crippen molar-refractivity contribution in [2.45, 2.75) is 39.3 Å². The Morgan fingerprint density at radius 2 is 2.15 bits per heavy atom. The second-order valence-electron chi connectivity index (χ2n) is 6.23. The van der Waals surface area contributed by atoms with Crippen molar-refractivity contribution < 1.29 is 18.3 Å². The molecule has 0 radical (unpaired) electrons. The van der Waals surface area contributed by atoms with E-state index >= 15 is 0 Å². The molecule has 152 valence electrons. The lowest BCUT2D eigenvalue weighted by atomic mass is 10.2. The summed E-state index contributed by atoms with van der Waals surface area (Å²) in [5, 5.41) is 6.68. The van der Waals surface area contributed by atoms with Crippen LogP contribution in [0.15, 0.2) is 29.3 Å². The van der Waals surface area contributed by atoms with E-state index < -0.39 is 6.61 Å². The Balaban J connectivity index is 1.91. The van der Waals surface area contributed by atoms with Gasteiger partial charge in [0.2, 0.25) is 0 Å². The van der Waals surface area contributed by atoms with Crippen LogP contribution in [0.4, 0.5) is 14.5 Å². The molecule has 1 aromatic rings. The molecule has 1 heterocycles. The van der Waals surface area contributed by atoms with Gasteiger partial charge >= 0.3 is 6.61 Å². The Morgan fingerprint density at radius 3 is 2.89 bits per heavy atom. The molecule has 0 aliphatic carbocycles. The topological polar surface area (TPSA) is 58.1 Å². The molecule has 0 amide bonds. The highest BCUT2D eigenvalue weighted by Gasteiger charge is 2.25. The zero-order chi connectivity index (χ0) is 19.5. The van der Waals surface area contributed by atoms with Crippen molar-refractivity contribution in [1.82, 2.24) is 10.6 Å². The van der Waals surface area contributed by atoms with Crippen LogP contribution < -0.4 is 20.3 Å². The van der Waals surface area contributed by atoms with E-state index in [1.165, 1.54) is 0 Å². The highest BCUT2D eigenvalue weighted by molar-refractivity contribution is 5.80. The molecule has 1 aromatic carbocycles. The Bertz CT molecular complexity index is 587. The van der Waals surface area contributed by atoms with E-state index in [1.54, 1.807) is 12.1 Å². The number of hydrogen-bond donors (Lipinski definition) is 2. The van der Waals surface area contributed by atoms with E-state index in [-0.39, 0.29) is 11.8 Å². The Labute approximate surface area is 159 Å². The lowest BCUT2D eigenvalue weighted by molar-refractivity contribution is -0.0495. The minimum Gasteiger partial charge on any atom is -0.433 e. The van der Waals surface area contributed by atoms with Gasteiger partial charge in [-0.25, -0.2) is 0 Å². The summed E-state index contributed by atoms with van der Waals surface area (Å²) in [6, 6.07) is 7.11. The highest BCUT2D eigenvalue weighted by atomic mass is 19.3. The van der Waals surface area contributed by atoms with Crippen LogP contribution in [-0.4, -0.2) is 58.0 Å². The number of hydrogen-bond acceptors (Lipinski definition) is 4. The molecular formula is C19H30F2N4O2. The van der Waals surface area contributed by atoms with Crippen LogP contribution >= 0.6 is 0 Å². The van der Waals surface area contributed by atoms with E-state index in [2.05, 4.69) is 25.3 Å².